The summed E-state index contributed by atoms with van der Waals surface area (Å²) >= 11 is 6.16. The van der Waals surface area contributed by atoms with Gasteiger partial charge in [-0.15, -0.1) is 0 Å². The molecule has 0 saturated heterocycles. The van der Waals surface area contributed by atoms with Crippen LogP contribution in [0.1, 0.15) is 25.0 Å². The number of fused-ring (bicyclic) bond motifs is 1. The van der Waals surface area contributed by atoms with Gasteiger partial charge < -0.3 is 14.8 Å². The first-order valence-corrected chi connectivity index (χ1v) is 9.36. The number of halogens is 1. The van der Waals surface area contributed by atoms with Crippen molar-refractivity contribution < 1.29 is 14.3 Å². The lowest BCUT2D eigenvalue weighted by Crippen LogP contribution is -2.22. The van der Waals surface area contributed by atoms with Crippen LogP contribution in [0.25, 0.3) is 6.08 Å². The first-order chi connectivity index (χ1) is 13.1. The molecule has 0 aromatic heterocycles. The van der Waals surface area contributed by atoms with E-state index in [0.717, 1.165) is 30.9 Å². The summed E-state index contributed by atoms with van der Waals surface area (Å²) in [6.45, 7) is 7.29. The van der Waals surface area contributed by atoms with Crippen LogP contribution in [-0.4, -0.2) is 30.7 Å². The molecular weight excluding hydrogens is 364 g/mol. The molecule has 2 aromatic carbocycles. The topological polar surface area (TPSA) is 50.8 Å². The molecule has 1 heterocycles. The number of hydrogen-bond acceptors (Lipinski definition) is 4. The van der Waals surface area contributed by atoms with Crippen molar-refractivity contribution in [3.05, 3.63) is 58.6 Å². The van der Waals surface area contributed by atoms with Gasteiger partial charge in [0.1, 0.15) is 0 Å². The van der Waals surface area contributed by atoms with Gasteiger partial charge in [-0.25, -0.2) is 0 Å². The van der Waals surface area contributed by atoms with E-state index in [1.807, 2.05) is 18.2 Å². The average Bonchev–Trinajstić information content (AvgIpc) is 3.14. The lowest BCUT2D eigenvalue weighted by molar-refractivity contribution is -0.111. The molecule has 0 unspecified atom stereocenters. The van der Waals surface area contributed by atoms with Crippen LogP contribution in [0, 0.1) is 0 Å². The molecular formula is C21H23ClN2O3. The minimum absolute atomic E-state index is 0.159. The van der Waals surface area contributed by atoms with E-state index in [-0.39, 0.29) is 12.7 Å². The Kier molecular flexibility index (Phi) is 6.37. The maximum Gasteiger partial charge on any atom is 0.248 e. The van der Waals surface area contributed by atoms with Gasteiger partial charge in [0.05, 0.1) is 5.02 Å². The average molecular weight is 387 g/mol. The number of anilines is 1. The van der Waals surface area contributed by atoms with Gasteiger partial charge in [-0.1, -0.05) is 37.6 Å². The van der Waals surface area contributed by atoms with Crippen molar-refractivity contribution >= 4 is 29.3 Å². The van der Waals surface area contributed by atoms with Crippen LogP contribution in [0.5, 0.6) is 11.5 Å². The lowest BCUT2D eigenvalue weighted by atomic mass is 10.1. The Labute approximate surface area is 164 Å². The van der Waals surface area contributed by atoms with E-state index >= 15 is 0 Å². The second kappa shape index (κ2) is 8.93. The number of amides is 1. The smallest absolute Gasteiger partial charge is 0.248 e. The zero-order chi connectivity index (χ0) is 19.2. The molecule has 0 saturated carbocycles. The van der Waals surface area contributed by atoms with Gasteiger partial charge in [0.2, 0.25) is 12.7 Å². The molecule has 0 fully saturated rings. The minimum Gasteiger partial charge on any atom is -0.454 e. The van der Waals surface area contributed by atoms with Gasteiger partial charge in [0, 0.05) is 18.3 Å². The Bertz CT molecular complexity index is 847. The monoisotopic (exact) mass is 386 g/mol. The number of hydrogen-bond donors (Lipinski definition) is 1. The minimum atomic E-state index is -0.205. The predicted octanol–water partition coefficient (Wildman–Crippen LogP) is 4.56. The van der Waals surface area contributed by atoms with Crippen LogP contribution in [0.3, 0.4) is 0 Å². The zero-order valence-corrected chi connectivity index (χ0v) is 16.3. The highest BCUT2D eigenvalue weighted by Crippen LogP contribution is 2.40. The Morgan fingerprint density at radius 1 is 1.22 bits per heavy atom. The normalized spacial score (nSPS) is 12.7. The van der Waals surface area contributed by atoms with Gasteiger partial charge >= 0.3 is 0 Å². The van der Waals surface area contributed by atoms with E-state index in [4.69, 9.17) is 21.1 Å². The number of nitrogens with zero attached hydrogens (tertiary/aromatic N) is 1. The Hall–Kier alpha value is -2.50. The van der Waals surface area contributed by atoms with Crippen LogP contribution < -0.4 is 14.8 Å². The number of nitrogens with one attached hydrogen (secondary N) is 1. The summed E-state index contributed by atoms with van der Waals surface area (Å²) < 4.78 is 10.6. The van der Waals surface area contributed by atoms with Gasteiger partial charge in [-0.3, -0.25) is 9.69 Å². The molecule has 0 atom stereocenters. The first kappa shape index (κ1) is 19.3. The number of carbonyl (C=O) groups excluding carboxylic acids is 1. The van der Waals surface area contributed by atoms with E-state index in [1.54, 1.807) is 18.2 Å². The van der Waals surface area contributed by atoms with Gasteiger partial charge in [0.25, 0.3) is 0 Å². The summed E-state index contributed by atoms with van der Waals surface area (Å²) in [5.41, 5.74) is 2.72. The fourth-order valence-corrected chi connectivity index (χ4v) is 3.17. The second-order valence-electron chi connectivity index (χ2n) is 6.22. The summed E-state index contributed by atoms with van der Waals surface area (Å²) in [5, 5.41) is 3.36. The summed E-state index contributed by atoms with van der Waals surface area (Å²) in [6, 6.07) is 11.4. The third kappa shape index (κ3) is 5.02. The molecule has 1 amide bonds. The summed E-state index contributed by atoms with van der Waals surface area (Å²) in [6.07, 6.45) is 3.17. The molecule has 2 aromatic rings. The Balaban J connectivity index is 1.64. The molecule has 27 heavy (non-hydrogen) atoms. The van der Waals surface area contributed by atoms with Crippen molar-refractivity contribution in [1.29, 1.82) is 0 Å². The van der Waals surface area contributed by atoms with Crippen molar-refractivity contribution in [2.75, 3.05) is 25.2 Å². The highest BCUT2D eigenvalue weighted by molar-refractivity contribution is 6.32. The maximum atomic E-state index is 12.3. The lowest BCUT2D eigenvalue weighted by Gasteiger charge is -2.18. The summed E-state index contributed by atoms with van der Waals surface area (Å²) in [4.78, 5) is 14.6. The van der Waals surface area contributed by atoms with Crippen molar-refractivity contribution in [2.45, 2.75) is 20.4 Å². The molecule has 1 aliphatic heterocycles. The van der Waals surface area contributed by atoms with E-state index in [2.05, 4.69) is 30.1 Å². The van der Waals surface area contributed by atoms with Crippen molar-refractivity contribution in [3.8, 4) is 11.5 Å². The van der Waals surface area contributed by atoms with Gasteiger partial charge in [-0.2, -0.15) is 0 Å². The zero-order valence-electron chi connectivity index (χ0n) is 15.5. The first-order valence-electron chi connectivity index (χ1n) is 8.98. The standard InChI is InChI=1S/C21H23ClN2O3/c1-3-24(4-2)13-16-6-5-7-17(10-16)23-20(25)9-8-15-11-18(22)21-19(12-15)26-14-27-21/h5-12H,3-4,13-14H2,1-2H3,(H,23,25)/b9-8+. The van der Waals surface area contributed by atoms with E-state index in [1.165, 1.54) is 11.6 Å². The van der Waals surface area contributed by atoms with Crippen LogP contribution in [0.2, 0.25) is 5.02 Å². The number of carbonyl (C=O) groups is 1. The third-order valence-corrected chi connectivity index (χ3v) is 4.65. The van der Waals surface area contributed by atoms with Crippen LogP contribution in [0.15, 0.2) is 42.5 Å². The Morgan fingerprint density at radius 2 is 2.04 bits per heavy atom. The molecule has 0 aliphatic carbocycles. The van der Waals surface area contributed by atoms with Crippen LogP contribution in [-0.2, 0) is 11.3 Å². The van der Waals surface area contributed by atoms with E-state index in [9.17, 15) is 4.79 Å². The van der Waals surface area contributed by atoms with Crippen molar-refractivity contribution in [3.63, 3.8) is 0 Å². The number of ether oxygens (including phenoxy) is 2. The molecule has 3 rings (SSSR count). The van der Waals surface area contributed by atoms with E-state index < -0.39 is 0 Å². The SMILES string of the molecule is CCN(CC)Cc1cccc(NC(=O)/C=C/c2cc(Cl)c3c(c2)OCO3)c1. The molecule has 1 aliphatic rings. The second-order valence-corrected chi connectivity index (χ2v) is 6.63. The molecule has 6 heteroatoms. The molecule has 0 radical (unpaired) electrons. The summed E-state index contributed by atoms with van der Waals surface area (Å²) in [5.74, 6) is 0.929. The van der Waals surface area contributed by atoms with Crippen LogP contribution in [0.4, 0.5) is 5.69 Å². The third-order valence-electron chi connectivity index (χ3n) is 4.37. The molecule has 0 bridgehead atoms. The predicted molar refractivity (Wildman–Crippen MR) is 108 cm³/mol. The maximum absolute atomic E-state index is 12.3. The fourth-order valence-electron chi connectivity index (χ4n) is 2.89. The number of benzene rings is 2. The molecule has 1 N–H and O–H groups in total. The molecule has 0 spiro atoms. The molecule has 5 nitrogen and oxygen atoms in total. The van der Waals surface area contributed by atoms with Gasteiger partial charge in [0.15, 0.2) is 11.5 Å². The highest BCUT2D eigenvalue weighted by Gasteiger charge is 2.17. The van der Waals surface area contributed by atoms with Gasteiger partial charge in [-0.05, 0) is 54.6 Å². The fraction of sp³-hybridized carbons (Fsp3) is 0.286. The quantitative estimate of drug-likeness (QED) is 0.708. The van der Waals surface area contributed by atoms with E-state index in [0.29, 0.717) is 16.5 Å². The summed E-state index contributed by atoms with van der Waals surface area (Å²) in [7, 11) is 0. The highest BCUT2D eigenvalue weighted by atomic mass is 35.5. The largest absolute Gasteiger partial charge is 0.454 e. The Morgan fingerprint density at radius 3 is 2.81 bits per heavy atom. The van der Waals surface area contributed by atoms with Crippen LogP contribution >= 0.6 is 11.6 Å². The van der Waals surface area contributed by atoms with Crippen molar-refractivity contribution in [2.24, 2.45) is 0 Å². The number of rotatable bonds is 7. The van der Waals surface area contributed by atoms with Crippen molar-refractivity contribution in [1.82, 2.24) is 4.90 Å². The molecule has 142 valence electrons.